The van der Waals surface area contributed by atoms with Gasteiger partial charge in [-0.05, 0) is 69.6 Å². The summed E-state index contributed by atoms with van der Waals surface area (Å²) in [6.07, 6.45) is 4.17. The summed E-state index contributed by atoms with van der Waals surface area (Å²) in [5.74, 6) is -1.78. The first-order valence-electron chi connectivity index (χ1n) is 13.0. The predicted molar refractivity (Wildman–Crippen MR) is 139 cm³/mol. The minimum Gasteiger partial charge on any atom is -0.494 e. The number of amides is 3. The van der Waals surface area contributed by atoms with Crippen molar-refractivity contribution in [2.24, 2.45) is 17.1 Å². The second kappa shape index (κ2) is 9.70. The van der Waals surface area contributed by atoms with E-state index in [9.17, 15) is 28.7 Å². The molecule has 0 aromatic carbocycles. The van der Waals surface area contributed by atoms with E-state index in [1.165, 1.54) is 11.9 Å². The zero-order valence-electron chi connectivity index (χ0n) is 22.2. The van der Waals surface area contributed by atoms with E-state index in [1.54, 1.807) is 20.0 Å². The molecule has 3 fully saturated rings. The van der Waals surface area contributed by atoms with E-state index in [2.05, 4.69) is 6.58 Å². The van der Waals surface area contributed by atoms with Gasteiger partial charge in [0.2, 0.25) is 5.88 Å². The van der Waals surface area contributed by atoms with Crippen LogP contribution in [-0.4, -0.2) is 67.6 Å². The summed E-state index contributed by atoms with van der Waals surface area (Å²) >= 11 is 0. The number of likely N-dealkylation sites (N-methyl/N-ethyl adjacent to an activating group) is 2. The molecule has 2 saturated carbocycles. The second-order valence-electron chi connectivity index (χ2n) is 11.4. The molecule has 1 saturated heterocycles. The lowest BCUT2D eigenvalue weighted by molar-refractivity contribution is -0.133. The minimum absolute atomic E-state index is 0.0311. The third-order valence-electron chi connectivity index (χ3n) is 9.06. The lowest BCUT2D eigenvalue weighted by atomic mass is 9.66. The van der Waals surface area contributed by atoms with Crippen LogP contribution in [0.1, 0.15) is 69.9 Å². The van der Waals surface area contributed by atoms with Crippen molar-refractivity contribution >= 4 is 17.8 Å². The molecule has 38 heavy (non-hydrogen) atoms. The molecule has 3 atom stereocenters. The average Bonchev–Trinajstić information content (AvgIpc) is 3.34. The van der Waals surface area contributed by atoms with Gasteiger partial charge < -0.3 is 15.7 Å². The van der Waals surface area contributed by atoms with Gasteiger partial charge in [-0.2, -0.15) is 0 Å². The molecule has 3 aliphatic rings. The van der Waals surface area contributed by atoms with Gasteiger partial charge in [0.15, 0.2) is 0 Å². The number of allylic oxidation sites excluding steroid dienone is 1. The summed E-state index contributed by atoms with van der Waals surface area (Å²) in [6.45, 7) is 5.77. The molecule has 0 radical (unpaired) electrons. The Morgan fingerprint density at radius 1 is 1.18 bits per heavy atom. The molecule has 208 valence electrons. The number of rotatable bonds is 7. The highest BCUT2D eigenvalue weighted by molar-refractivity contribution is 6.06. The minimum atomic E-state index is -1.05. The van der Waals surface area contributed by atoms with Crippen molar-refractivity contribution in [1.29, 1.82) is 5.41 Å². The fourth-order valence-corrected chi connectivity index (χ4v) is 6.61. The molecule has 1 aliphatic heterocycles. The van der Waals surface area contributed by atoms with Gasteiger partial charge in [0.25, 0.3) is 11.5 Å². The molecule has 12 heteroatoms. The number of amidine groups is 1. The first-order chi connectivity index (χ1) is 17.8. The first-order valence-corrected chi connectivity index (χ1v) is 13.0. The lowest BCUT2D eigenvalue weighted by Crippen LogP contribution is -2.50. The highest BCUT2D eigenvalue weighted by Gasteiger charge is 2.54. The second-order valence-corrected chi connectivity index (χ2v) is 11.4. The normalized spacial score (nSPS) is 31.7. The SMILES string of the molecule is C=CC1(C[C@@]2(C)C(=O)N(C)C(=O)N2C)CCC(n2c(=O)c(C(=N)N)c(O)n(C[C@@H]3CC[C@@H](F)C3)c2=O)CC1. The molecule has 1 aromatic heterocycles. The number of aromatic hydroxyl groups is 1. The quantitative estimate of drug-likeness (QED) is 0.211. The Morgan fingerprint density at radius 3 is 2.29 bits per heavy atom. The van der Waals surface area contributed by atoms with Gasteiger partial charge in [0, 0.05) is 26.7 Å². The number of nitrogens with one attached hydrogen (secondary N) is 1. The number of nitrogens with zero attached hydrogens (tertiary/aromatic N) is 4. The molecule has 0 unspecified atom stereocenters. The van der Waals surface area contributed by atoms with E-state index in [-0.39, 0.29) is 30.8 Å². The fraction of sp³-hybridized carbons (Fsp3) is 0.654. The maximum absolute atomic E-state index is 13.8. The van der Waals surface area contributed by atoms with Crippen molar-refractivity contribution in [3.63, 3.8) is 0 Å². The third kappa shape index (κ3) is 4.33. The molecule has 0 bridgehead atoms. The third-order valence-corrected chi connectivity index (χ3v) is 9.06. The molecule has 4 N–H and O–H groups in total. The maximum atomic E-state index is 13.8. The van der Waals surface area contributed by atoms with Crippen LogP contribution in [0, 0.1) is 16.7 Å². The van der Waals surface area contributed by atoms with Gasteiger partial charge in [-0.3, -0.25) is 29.0 Å². The molecule has 11 nitrogen and oxygen atoms in total. The molecule has 3 amide bonds. The molecular weight excluding hydrogens is 495 g/mol. The topological polar surface area (TPSA) is 155 Å². The number of hydrogen-bond acceptors (Lipinski definition) is 6. The molecule has 2 heterocycles. The zero-order chi connectivity index (χ0) is 28.2. The molecule has 4 rings (SSSR count). The van der Waals surface area contributed by atoms with Crippen LogP contribution in [0.3, 0.4) is 0 Å². The Morgan fingerprint density at radius 2 is 1.82 bits per heavy atom. The number of aromatic nitrogens is 2. The monoisotopic (exact) mass is 532 g/mol. The van der Waals surface area contributed by atoms with E-state index in [4.69, 9.17) is 11.1 Å². The Balaban J connectivity index is 1.64. The fourth-order valence-electron chi connectivity index (χ4n) is 6.61. The van der Waals surface area contributed by atoms with Crippen LogP contribution in [0.4, 0.5) is 9.18 Å². The lowest BCUT2D eigenvalue weighted by Gasteiger charge is -2.43. The van der Waals surface area contributed by atoms with Crippen LogP contribution < -0.4 is 17.0 Å². The van der Waals surface area contributed by atoms with Crippen molar-refractivity contribution in [2.45, 2.75) is 82.6 Å². The first kappa shape index (κ1) is 27.6. The van der Waals surface area contributed by atoms with Gasteiger partial charge in [0.05, 0.1) is 0 Å². The van der Waals surface area contributed by atoms with Gasteiger partial charge >= 0.3 is 11.7 Å². The number of urea groups is 1. The standard InChI is InChI=1S/C26H37FN6O5/c1-5-26(14-25(2)22(36)30(3)23(37)31(25)4)10-8-17(9-11-26)33-21(35)18(19(28)29)20(34)32(24(33)38)13-15-6-7-16(27)12-15/h5,15-17,34H,1,6-14H2,2-4H3,(H3,28,29)/t15-,16-,17?,25+,26?/m1/s1. The van der Waals surface area contributed by atoms with Crippen LogP contribution in [0.25, 0.3) is 0 Å². The highest BCUT2D eigenvalue weighted by atomic mass is 19.1. The number of imide groups is 1. The van der Waals surface area contributed by atoms with E-state index in [0.29, 0.717) is 44.9 Å². The Labute approximate surface area is 220 Å². The number of carbonyl (C=O) groups excluding carboxylic acids is 2. The number of alkyl halides is 1. The van der Waals surface area contributed by atoms with Crippen molar-refractivity contribution in [3.8, 4) is 5.88 Å². The van der Waals surface area contributed by atoms with Crippen molar-refractivity contribution in [1.82, 2.24) is 18.9 Å². The number of halogens is 1. The molecule has 0 spiro atoms. The van der Waals surface area contributed by atoms with Crippen LogP contribution >= 0.6 is 0 Å². The summed E-state index contributed by atoms with van der Waals surface area (Å²) in [6, 6.07) is -0.903. The number of nitrogens with two attached hydrogens (primary N) is 1. The summed E-state index contributed by atoms with van der Waals surface area (Å²) in [4.78, 5) is 54.8. The predicted octanol–water partition coefficient (Wildman–Crippen LogP) is 2.10. The zero-order valence-corrected chi connectivity index (χ0v) is 22.2. The van der Waals surface area contributed by atoms with Crippen LogP contribution in [0.2, 0.25) is 0 Å². The Bertz CT molecular complexity index is 1300. The largest absolute Gasteiger partial charge is 0.494 e. The maximum Gasteiger partial charge on any atom is 0.334 e. The van der Waals surface area contributed by atoms with Gasteiger partial charge in [-0.15, -0.1) is 6.58 Å². The van der Waals surface area contributed by atoms with Crippen LogP contribution in [0.5, 0.6) is 5.88 Å². The Hall–Kier alpha value is -3.44. The number of hydrogen-bond donors (Lipinski definition) is 3. The van der Waals surface area contributed by atoms with Crippen LogP contribution in [0.15, 0.2) is 22.2 Å². The van der Waals surface area contributed by atoms with E-state index >= 15 is 0 Å². The van der Waals surface area contributed by atoms with Gasteiger partial charge in [-0.1, -0.05) is 6.08 Å². The van der Waals surface area contributed by atoms with Crippen LogP contribution in [-0.2, 0) is 11.3 Å². The van der Waals surface area contributed by atoms with Crippen molar-refractivity contribution in [3.05, 3.63) is 39.1 Å². The number of carbonyl (C=O) groups is 2. The average molecular weight is 533 g/mol. The molecular formula is C26H37FN6O5. The van der Waals surface area contributed by atoms with Gasteiger partial charge in [-0.25, -0.2) is 14.0 Å². The van der Waals surface area contributed by atoms with E-state index in [0.717, 1.165) is 14.0 Å². The summed E-state index contributed by atoms with van der Waals surface area (Å²) in [5.41, 5.74) is 2.10. The number of nitrogen functional groups attached to an aromatic ring is 1. The molecule has 2 aliphatic carbocycles. The van der Waals surface area contributed by atoms with Crippen molar-refractivity contribution in [2.75, 3.05) is 14.1 Å². The summed E-state index contributed by atoms with van der Waals surface area (Å²) in [5, 5.41) is 18.6. The van der Waals surface area contributed by atoms with E-state index < -0.39 is 51.7 Å². The molecule has 1 aromatic rings. The summed E-state index contributed by atoms with van der Waals surface area (Å²) in [7, 11) is 3.06. The van der Waals surface area contributed by atoms with Gasteiger partial charge in [0.1, 0.15) is 23.1 Å². The Kier molecular flexibility index (Phi) is 7.04. The smallest absolute Gasteiger partial charge is 0.334 e. The van der Waals surface area contributed by atoms with E-state index in [1.807, 2.05) is 0 Å². The summed E-state index contributed by atoms with van der Waals surface area (Å²) < 4.78 is 15.9. The highest BCUT2D eigenvalue weighted by Crippen LogP contribution is 2.48. The van der Waals surface area contributed by atoms with Crippen molar-refractivity contribution < 1.29 is 19.1 Å².